The molecular formula is C10H14ClN3O. The van der Waals surface area contributed by atoms with Gasteiger partial charge in [0.2, 0.25) is 0 Å². The number of aromatic nitrogens is 2. The van der Waals surface area contributed by atoms with Crippen molar-refractivity contribution in [1.29, 1.82) is 0 Å². The van der Waals surface area contributed by atoms with Crippen LogP contribution < -0.4 is 0 Å². The molecule has 1 aliphatic rings. The van der Waals surface area contributed by atoms with Crippen LogP contribution in [0.15, 0.2) is 12.1 Å². The van der Waals surface area contributed by atoms with E-state index < -0.39 is 0 Å². The van der Waals surface area contributed by atoms with Crippen molar-refractivity contribution < 1.29 is 5.11 Å². The number of halogens is 1. The summed E-state index contributed by atoms with van der Waals surface area (Å²) < 4.78 is 0. The predicted octanol–water partition coefficient (Wildman–Crippen LogP) is 1.09. The van der Waals surface area contributed by atoms with Crippen molar-refractivity contribution in [2.45, 2.75) is 25.4 Å². The summed E-state index contributed by atoms with van der Waals surface area (Å²) in [7, 11) is 0. The van der Waals surface area contributed by atoms with E-state index in [4.69, 9.17) is 16.7 Å². The Morgan fingerprint density at radius 1 is 1.40 bits per heavy atom. The van der Waals surface area contributed by atoms with Gasteiger partial charge < -0.3 is 5.11 Å². The summed E-state index contributed by atoms with van der Waals surface area (Å²) in [5.74, 6) is 0. The highest BCUT2D eigenvalue weighted by Crippen LogP contribution is 2.27. The lowest BCUT2D eigenvalue weighted by molar-refractivity contribution is 0.181. The SMILES string of the molecule is OCCN(Cc1ccc(Cl)nn1)C1CC1. The predicted molar refractivity (Wildman–Crippen MR) is 57.6 cm³/mol. The summed E-state index contributed by atoms with van der Waals surface area (Å²) in [6, 6.07) is 4.24. The van der Waals surface area contributed by atoms with E-state index in [9.17, 15) is 0 Å². The molecule has 0 radical (unpaired) electrons. The van der Waals surface area contributed by atoms with Gasteiger partial charge in [-0.2, -0.15) is 5.10 Å². The first-order chi connectivity index (χ1) is 7.29. The molecule has 1 aromatic rings. The number of aliphatic hydroxyl groups is 1. The van der Waals surface area contributed by atoms with Crippen LogP contribution >= 0.6 is 11.6 Å². The van der Waals surface area contributed by atoms with E-state index >= 15 is 0 Å². The lowest BCUT2D eigenvalue weighted by Crippen LogP contribution is -2.29. The maximum Gasteiger partial charge on any atom is 0.151 e. The van der Waals surface area contributed by atoms with Gasteiger partial charge in [0.25, 0.3) is 0 Å². The fraction of sp³-hybridized carbons (Fsp3) is 0.600. The molecule has 0 bridgehead atoms. The van der Waals surface area contributed by atoms with Gasteiger partial charge in [-0.05, 0) is 25.0 Å². The average molecular weight is 228 g/mol. The van der Waals surface area contributed by atoms with Crippen molar-refractivity contribution >= 4 is 11.6 Å². The summed E-state index contributed by atoms with van der Waals surface area (Å²) in [6.45, 7) is 1.64. The van der Waals surface area contributed by atoms with Crippen LogP contribution in [0, 0.1) is 0 Å². The molecule has 0 unspecified atom stereocenters. The Hall–Kier alpha value is -0.710. The van der Waals surface area contributed by atoms with Gasteiger partial charge in [-0.1, -0.05) is 11.6 Å². The molecule has 1 saturated carbocycles. The molecule has 0 aliphatic heterocycles. The quantitative estimate of drug-likeness (QED) is 0.818. The Morgan fingerprint density at radius 3 is 2.73 bits per heavy atom. The van der Waals surface area contributed by atoms with Crippen LogP contribution in [0.5, 0.6) is 0 Å². The average Bonchev–Trinajstić information content (AvgIpc) is 3.04. The van der Waals surface area contributed by atoms with Crippen LogP contribution in [0.1, 0.15) is 18.5 Å². The smallest absolute Gasteiger partial charge is 0.151 e. The van der Waals surface area contributed by atoms with Crippen LogP contribution in [-0.2, 0) is 6.54 Å². The number of rotatable bonds is 5. The first-order valence-electron chi connectivity index (χ1n) is 5.12. The minimum atomic E-state index is 0.192. The summed E-state index contributed by atoms with van der Waals surface area (Å²) in [4.78, 5) is 2.23. The third kappa shape index (κ3) is 3.12. The lowest BCUT2D eigenvalue weighted by atomic mass is 10.3. The topological polar surface area (TPSA) is 49.2 Å². The molecule has 82 valence electrons. The van der Waals surface area contributed by atoms with Gasteiger partial charge in [0.05, 0.1) is 12.3 Å². The number of aliphatic hydroxyl groups excluding tert-OH is 1. The molecule has 15 heavy (non-hydrogen) atoms. The van der Waals surface area contributed by atoms with Gasteiger partial charge in [-0.25, -0.2) is 0 Å². The van der Waals surface area contributed by atoms with Crippen molar-refractivity contribution in [3.05, 3.63) is 23.0 Å². The van der Waals surface area contributed by atoms with E-state index in [0.29, 0.717) is 17.7 Å². The van der Waals surface area contributed by atoms with Gasteiger partial charge in [0.1, 0.15) is 0 Å². The first-order valence-corrected chi connectivity index (χ1v) is 5.50. The zero-order valence-corrected chi connectivity index (χ0v) is 9.19. The van der Waals surface area contributed by atoms with Gasteiger partial charge in [-0.15, -0.1) is 5.10 Å². The van der Waals surface area contributed by atoms with E-state index in [1.807, 2.05) is 6.07 Å². The lowest BCUT2D eigenvalue weighted by Gasteiger charge is -2.19. The summed E-state index contributed by atoms with van der Waals surface area (Å²) >= 11 is 5.66. The second kappa shape index (κ2) is 4.88. The fourth-order valence-electron chi connectivity index (χ4n) is 1.59. The van der Waals surface area contributed by atoms with Crippen LogP contribution in [-0.4, -0.2) is 39.4 Å². The molecular weight excluding hydrogens is 214 g/mol. The molecule has 1 fully saturated rings. The largest absolute Gasteiger partial charge is 0.395 e. The van der Waals surface area contributed by atoms with E-state index in [1.165, 1.54) is 12.8 Å². The van der Waals surface area contributed by atoms with Gasteiger partial charge in [0.15, 0.2) is 5.15 Å². The van der Waals surface area contributed by atoms with Crippen molar-refractivity contribution in [3.63, 3.8) is 0 Å². The van der Waals surface area contributed by atoms with Crippen molar-refractivity contribution in [3.8, 4) is 0 Å². The van der Waals surface area contributed by atoms with Crippen molar-refractivity contribution in [2.24, 2.45) is 0 Å². The highest BCUT2D eigenvalue weighted by molar-refractivity contribution is 6.29. The molecule has 0 saturated heterocycles. The molecule has 0 spiro atoms. The first kappa shape index (κ1) is 10.8. The molecule has 2 rings (SSSR count). The maximum absolute atomic E-state index is 8.94. The van der Waals surface area contributed by atoms with Crippen molar-refractivity contribution in [2.75, 3.05) is 13.2 Å². The van der Waals surface area contributed by atoms with Gasteiger partial charge in [0, 0.05) is 19.1 Å². The molecule has 1 N–H and O–H groups in total. The van der Waals surface area contributed by atoms with Crippen LogP contribution in [0.25, 0.3) is 0 Å². The normalized spacial score (nSPS) is 15.9. The number of hydrogen-bond acceptors (Lipinski definition) is 4. The van der Waals surface area contributed by atoms with E-state index in [0.717, 1.165) is 12.2 Å². The van der Waals surface area contributed by atoms with E-state index in [1.54, 1.807) is 6.07 Å². The Labute approximate surface area is 93.9 Å². The highest BCUT2D eigenvalue weighted by Gasteiger charge is 2.28. The molecule has 1 aliphatic carbocycles. The van der Waals surface area contributed by atoms with Crippen LogP contribution in [0.2, 0.25) is 5.15 Å². The van der Waals surface area contributed by atoms with E-state index in [-0.39, 0.29) is 6.61 Å². The molecule has 1 aromatic heterocycles. The molecule has 0 amide bonds. The number of hydrogen-bond donors (Lipinski definition) is 1. The number of nitrogens with zero attached hydrogens (tertiary/aromatic N) is 3. The third-order valence-electron chi connectivity index (χ3n) is 2.50. The monoisotopic (exact) mass is 227 g/mol. The minimum absolute atomic E-state index is 0.192. The van der Waals surface area contributed by atoms with E-state index in [2.05, 4.69) is 15.1 Å². The highest BCUT2D eigenvalue weighted by atomic mass is 35.5. The van der Waals surface area contributed by atoms with Crippen molar-refractivity contribution in [1.82, 2.24) is 15.1 Å². The molecule has 4 nitrogen and oxygen atoms in total. The van der Waals surface area contributed by atoms with Crippen LogP contribution in [0.4, 0.5) is 0 Å². The maximum atomic E-state index is 8.94. The zero-order chi connectivity index (χ0) is 10.7. The Balaban J connectivity index is 1.95. The molecule has 0 atom stereocenters. The van der Waals surface area contributed by atoms with Gasteiger partial charge in [-0.3, -0.25) is 4.90 Å². The third-order valence-corrected chi connectivity index (χ3v) is 2.70. The fourth-order valence-corrected chi connectivity index (χ4v) is 1.70. The second-order valence-corrected chi connectivity index (χ2v) is 4.16. The minimum Gasteiger partial charge on any atom is -0.395 e. The summed E-state index contributed by atoms with van der Waals surface area (Å²) in [5.41, 5.74) is 0.903. The standard InChI is InChI=1S/C10H14ClN3O/c11-10-4-1-8(12-13-10)7-14(5-6-15)9-2-3-9/h1,4,9,15H,2-3,5-7H2. The Kier molecular flexibility index (Phi) is 3.51. The zero-order valence-electron chi connectivity index (χ0n) is 8.43. The van der Waals surface area contributed by atoms with Crippen LogP contribution in [0.3, 0.4) is 0 Å². The molecule has 0 aromatic carbocycles. The Bertz CT molecular complexity index is 313. The van der Waals surface area contributed by atoms with Gasteiger partial charge >= 0.3 is 0 Å². The molecule has 1 heterocycles. The second-order valence-electron chi connectivity index (χ2n) is 3.77. The molecule has 5 heteroatoms. The summed E-state index contributed by atoms with van der Waals surface area (Å²) in [5, 5.41) is 17.2. The Morgan fingerprint density at radius 2 is 2.20 bits per heavy atom. The summed E-state index contributed by atoms with van der Waals surface area (Å²) in [6.07, 6.45) is 2.45.